The van der Waals surface area contributed by atoms with Gasteiger partial charge in [0.2, 0.25) is 5.91 Å². The standard InChI is InChI=1S/C17H23BrClN3O2/c1-3-21(4-2)16(23)12-20-7-9-22(10-8-20)17(24)14-11-13(19)5-6-15(14)18/h5-6,11H,3-4,7-10,12H2,1-2H3. The third-order valence-electron chi connectivity index (χ3n) is 4.29. The van der Waals surface area contributed by atoms with Crippen molar-refractivity contribution in [3.8, 4) is 0 Å². The second-order valence-electron chi connectivity index (χ2n) is 5.76. The average Bonchev–Trinajstić information content (AvgIpc) is 2.58. The molecule has 1 fully saturated rings. The zero-order chi connectivity index (χ0) is 17.7. The Balaban J connectivity index is 1.91. The van der Waals surface area contributed by atoms with Crippen LogP contribution in [0.1, 0.15) is 24.2 Å². The molecule has 0 N–H and O–H groups in total. The van der Waals surface area contributed by atoms with Gasteiger partial charge < -0.3 is 9.80 Å². The maximum absolute atomic E-state index is 12.6. The Kier molecular flexibility index (Phi) is 7.07. The van der Waals surface area contributed by atoms with Crippen LogP contribution in [0.15, 0.2) is 22.7 Å². The number of hydrogen-bond donors (Lipinski definition) is 0. The highest BCUT2D eigenvalue weighted by Crippen LogP contribution is 2.23. The molecule has 0 atom stereocenters. The van der Waals surface area contributed by atoms with Crippen LogP contribution in [-0.2, 0) is 4.79 Å². The largest absolute Gasteiger partial charge is 0.342 e. The van der Waals surface area contributed by atoms with Crippen LogP contribution >= 0.6 is 27.5 Å². The molecule has 0 saturated carbocycles. The second-order valence-corrected chi connectivity index (χ2v) is 7.05. The minimum absolute atomic E-state index is 0.0286. The molecule has 1 heterocycles. The number of rotatable bonds is 5. The van der Waals surface area contributed by atoms with Crippen molar-refractivity contribution < 1.29 is 9.59 Å². The van der Waals surface area contributed by atoms with Crippen LogP contribution in [0.2, 0.25) is 5.02 Å². The van der Waals surface area contributed by atoms with Crippen molar-refractivity contribution >= 4 is 39.3 Å². The van der Waals surface area contributed by atoms with Gasteiger partial charge in [0.1, 0.15) is 0 Å². The van der Waals surface area contributed by atoms with Crippen molar-refractivity contribution in [1.29, 1.82) is 0 Å². The van der Waals surface area contributed by atoms with Crippen molar-refractivity contribution in [2.75, 3.05) is 45.8 Å². The number of halogens is 2. The molecule has 0 bridgehead atoms. The van der Waals surface area contributed by atoms with Gasteiger partial charge in [0, 0.05) is 48.8 Å². The minimum Gasteiger partial charge on any atom is -0.342 e. The number of benzene rings is 1. The van der Waals surface area contributed by atoms with Crippen LogP contribution < -0.4 is 0 Å². The molecule has 2 rings (SSSR count). The summed E-state index contributed by atoms with van der Waals surface area (Å²) >= 11 is 9.40. The van der Waals surface area contributed by atoms with E-state index >= 15 is 0 Å². The molecule has 0 unspecified atom stereocenters. The lowest BCUT2D eigenvalue weighted by atomic mass is 10.2. The number of amides is 2. The van der Waals surface area contributed by atoms with Gasteiger partial charge in [0.05, 0.1) is 12.1 Å². The van der Waals surface area contributed by atoms with Crippen molar-refractivity contribution in [2.45, 2.75) is 13.8 Å². The fourth-order valence-corrected chi connectivity index (χ4v) is 3.40. The molecule has 1 aliphatic rings. The van der Waals surface area contributed by atoms with Crippen LogP contribution in [0, 0.1) is 0 Å². The average molecular weight is 417 g/mol. The van der Waals surface area contributed by atoms with Gasteiger partial charge in [-0.05, 0) is 48.0 Å². The second kappa shape index (κ2) is 8.83. The summed E-state index contributed by atoms with van der Waals surface area (Å²) in [5.41, 5.74) is 0.579. The van der Waals surface area contributed by atoms with Crippen molar-refractivity contribution in [2.24, 2.45) is 0 Å². The van der Waals surface area contributed by atoms with Crippen LogP contribution in [0.3, 0.4) is 0 Å². The van der Waals surface area contributed by atoms with Gasteiger partial charge in [-0.1, -0.05) is 11.6 Å². The molecule has 24 heavy (non-hydrogen) atoms. The maximum atomic E-state index is 12.6. The van der Waals surface area contributed by atoms with Gasteiger partial charge in [-0.3, -0.25) is 14.5 Å². The summed E-state index contributed by atoms with van der Waals surface area (Å²) < 4.78 is 0.746. The van der Waals surface area contributed by atoms with E-state index in [9.17, 15) is 9.59 Å². The third kappa shape index (κ3) is 4.71. The van der Waals surface area contributed by atoms with Gasteiger partial charge in [-0.2, -0.15) is 0 Å². The highest BCUT2D eigenvalue weighted by Gasteiger charge is 2.25. The van der Waals surface area contributed by atoms with E-state index in [0.717, 1.165) is 17.6 Å². The van der Waals surface area contributed by atoms with Crippen LogP contribution in [-0.4, -0.2) is 72.3 Å². The van der Waals surface area contributed by atoms with E-state index in [4.69, 9.17) is 11.6 Å². The Labute approximate surface area is 156 Å². The Bertz CT molecular complexity index is 599. The molecule has 0 aliphatic carbocycles. The number of likely N-dealkylation sites (N-methyl/N-ethyl adjacent to an activating group) is 1. The molecule has 1 aromatic rings. The van der Waals surface area contributed by atoms with E-state index in [1.54, 1.807) is 18.2 Å². The summed E-state index contributed by atoms with van der Waals surface area (Å²) in [7, 11) is 0. The Morgan fingerprint density at radius 2 is 1.79 bits per heavy atom. The van der Waals surface area contributed by atoms with Crippen molar-refractivity contribution in [3.05, 3.63) is 33.3 Å². The van der Waals surface area contributed by atoms with Gasteiger partial charge in [-0.15, -0.1) is 0 Å². The zero-order valence-corrected chi connectivity index (χ0v) is 16.4. The molecule has 1 aliphatic heterocycles. The summed E-state index contributed by atoms with van der Waals surface area (Å²) in [5.74, 6) is 0.122. The van der Waals surface area contributed by atoms with E-state index in [1.165, 1.54) is 0 Å². The molecular weight excluding hydrogens is 394 g/mol. The highest BCUT2D eigenvalue weighted by atomic mass is 79.9. The number of carbonyl (C=O) groups excluding carboxylic acids is 2. The summed E-state index contributed by atoms with van der Waals surface area (Å²) in [6, 6.07) is 5.22. The van der Waals surface area contributed by atoms with Crippen LogP contribution in [0.5, 0.6) is 0 Å². The van der Waals surface area contributed by atoms with E-state index < -0.39 is 0 Å². The molecule has 7 heteroatoms. The molecule has 0 aromatic heterocycles. The quantitative estimate of drug-likeness (QED) is 0.741. The molecule has 0 radical (unpaired) electrons. The van der Waals surface area contributed by atoms with E-state index in [1.807, 2.05) is 23.6 Å². The third-order valence-corrected chi connectivity index (χ3v) is 5.22. The zero-order valence-electron chi connectivity index (χ0n) is 14.1. The molecule has 2 amide bonds. The Morgan fingerprint density at radius 3 is 2.38 bits per heavy atom. The lowest BCUT2D eigenvalue weighted by Crippen LogP contribution is -2.51. The number of piperazine rings is 1. The van der Waals surface area contributed by atoms with Crippen LogP contribution in [0.4, 0.5) is 0 Å². The summed E-state index contributed by atoms with van der Waals surface area (Å²) in [6.45, 7) is 8.50. The number of nitrogens with zero attached hydrogens (tertiary/aromatic N) is 3. The molecule has 0 spiro atoms. The minimum atomic E-state index is -0.0286. The summed E-state index contributed by atoms with van der Waals surface area (Å²) in [5, 5.41) is 0.546. The molecule has 1 saturated heterocycles. The lowest BCUT2D eigenvalue weighted by molar-refractivity contribution is -0.132. The lowest BCUT2D eigenvalue weighted by Gasteiger charge is -2.35. The fraction of sp³-hybridized carbons (Fsp3) is 0.529. The molecule has 132 valence electrons. The van der Waals surface area contributed by atoms with E-state index in [0.29, 0.717) is 43.3 Å². The topological polar surface area (TPSA) is 43.9 Å². The number of carbonyl (C=O) groups is 2. The molecule has 5 nitrogen and oxygen atoms in total. The van der Waals surface area contributed by atoms with E-state index in [2.05, 4.69) is 20.8 Å². The summed E-state index contributed by atoms with van der Waals surface area (Å²) in [6.07, 6.45) is 0. The normalized spacial score (nSPS) is 15.4. The van der Waals surface area contributed by atoms with Crippen molar-refractivity contribution in [1.82, 2.24) is 14.7 Å². The first-order chi connectivity index (χ1) is 11.5. The number of hydrogen-bond acceptors (Lipinski definition) is 3. The predicted octanol–water partition coefficient (Wildman–Crippen LogP) is 2.73. The maximum Gasteiger partial charge on any atom is 0.255 e. The van der Waals surface area contributed by atoms with Gasteiger partial charge in [-0.25, -0.2) is 0 Å². The summed E-state index contributed by atoms with van der Waals surface area (Å²) in [4.78, 5) is 30.6. The van der Waals surface area contributed by atoms with Crippen LogP contribution in [0.25, 0.3) is 0 Å². The predicted molar refractivity (Wildman–Crippen MR) is 99.4 cm³/mol. The van der Waals surface area contributed by atoms with Gasteiger partial charge in [0.25, 0.3) is 5.91 Å². The highest BCUT2D eigenvalue weighted by molar-refractivity contribution is 9.10. The molecular formula is C17H23BrClN3O2. The van der Waals surface area contributed by atoms with Gasteiger partial charge in [0.15, 0.2) is 0 Å². The fourth-order valence-electron chi connectivity index (χ4n) is 2.81. The monoisotopic (exact) mass is 415 g/mol. The van der Waals surface area contributed by atoms with Crippen molar-refractivity contribution in [3.63, 3.8) is 0 Å². The van der Waals surface area contributed by atoms with Gasteiger partial charge >= 0.3 is 0 Å². The molecule has 1 aromatic carbocycles. The Hall–Kier alpha value is -1.11. The van der Waals surface area contributed by atoms with E-state index in [-0.39, 0.29) is 11.8 Å². The Morgan fingerprint density at radius 1 is 1.17 bits per heavy atom. The SMILES string of the molecule is CCN(CC)C(=O)CN1CCN(C(=O)c2cc(Cl)ccc2Br)CC1. The first kappa shape index (κ1) is 19.2. The first-order valence-electron chi connectivity index (χ1n) is 8.20. The smallest absolute Gasteiger partial charge is 0.255 e. The first-order valence-corrected chi connectivity index (χ1v) is 9.37.